The summed E-state index contributed by atoms with van der Waals surface area (Å²) in [6, 6.07) is 0.343. The molecule has 1 fully saturated rings. The monoisotopic (exact) mass is 203 g/mol. The predicted molar refractivity (Wildman–Crippen MR) is 54.9 cm³/mol. The van der Waals surface area contributed by atoms with Crippen LogP contribution >= 0.6 is 11.6 Å². The van der Waals surface area contributed by atoms with Gasteiger partial charge in [-0.25, -0.2) is 0 Å². The van der Waals surface area contributed by atoms with Crippen molar-refractivity contribution in [3.8, 4) is 0 Å². The number of hydrogen-bond donors (Lipinski definition) is 1. The van der Waals surface area contributed by atoms with Crippen molar-refractivity contribution in [2.75, 3.05) is 5.88 Å². The van der Waals surface area contributed by atoms with Gasteiger partial charge in [-0.05, 0) is 24.7 Å². The third-order valence-electron chi connectivity index (χ3n) is 2.69. The number of nitrogens with one attached hydrogen (secondary N) is 1. The van der Waals surface area contributed by atoms with E-state index in [1.165, 1.54) is 12.8 Å². The molecule has 2 nitrogen and oxygen atoms in total. The minimum atomic E-state index is -0.0376. The fourth-order valence-corrected chi connectivity index (χ4v) is 2.16. The van der Waals surface area contributed by atoms with E-state index in [-0.39, 0.29) is 11.8 Å². The molecule has 1 rings (SSSR count). The van der Waals surface area contributed by atoms with Gasteiger partial charge < -0.3 is 5.32 Å². The van der Waals surface area contributed by atoms with Crippen LogP contribution in [0.3, 0.4) is 0 Å². The first kappa shape index (κ1) is 10.8. The van der Waals surface area contributed by atoms with Gasteiger partial charge in [0.25, 0.3) is 0 Å². The lowest BCUT2D eigenvalue weighted by molar-refractivity contribution is -0.119. The van der Waals surface area contributed by atoms with Gasteiger partial charge in [0.15, 0.2) is 0 Å². The van der Waals surface area contributed by atoms with Gasteiger partial charge in [-0.1, -0.05) is 20.3 Å². The summed E-state index contributed by atoms with van der Waals surface area (Å²) in [4.78, 5) is 11.0. The molecule has 0 aromatic rings. The molecule has 0 radical (unpaired) electrons. The molecule has 1 atom stereocenters. The average Bonchev–Trinajstić information content (AvgIpc) is 2.02. The highest BCUT2D eigenvalue weighted by molar-refractivity contribution is 6.27. The number of rotatable bonds is 2. The molecular weight excluding hydrogens is 186 g/mol. The van der Waals surface area contributed by atoms with Crippen molar-refractivity contribution in [1.29, 1.82) is 0 Å². The Hall–Kier alpha value is -0.240. The summed E-state index contributed by atoms with van der Waals surface area (Å²) in [6.45, 7) is 4.51. The summed E-state index contributed by atoms with van der Waals surface area (Å²) < 4.78 is 0. The summed E-state index contributed by atoms with van der Waals surface area (Å²) in [5.74, 6) is 0.0427. The largest absolute Gasteiger partial charge is 0.352 e. The summed E-state index contributed by atoms with van der Waals surface area (Å²) >= 11 is 5.43. The number of halogens is 1. The summed E-state index contributed by atoms with van der Waals surface area (Å²) in [6.07, 6.45) is 4.65. The van der Waals surface area contributed by atoms with Crippen molar-refractivity contribution in [1.82, 2.24) is 5.32 Å². The normalized spacial score (nSPS) is 26.8. The standard InChI is InChI=1S/C10H18ClNO/c1-10(2)5-3-4-8(6-10)12-9(13)7-11/h8H,3-7H2,1-2H3,(H,12,13). The molecule has 0 aromatic heterocycles. The molecule has 3 heteroatoms. The van der Waals surface area contributed by atoms with E-state index < -0.39 is 0 Å². The van der Waals surface area contributed by atoms with Gasteiger partial charge >= 0.3 is 0 Å². The molecule has 0 spiro atoms. The molecule has 1 N–H and O–H groups in total. The van der Waals surface area contributed by atoms with Gasteiger partial charge in [0, 0.05) is 6.04 Å². The van der Waals surface area contributed by atoms with Crippen LogP contribution in [0.1, 0.15) is 39.5 Å². The minimum Gasteiger partial charge on any atom is -0.352 e. The molecule has 13 heavy (non-hydrogen) atoms. The average molecular weight is 204 g/mol. The quantitative estimate of drug-likeness (QED) is 0.686. The molecule has 0 saturated heterocycles. The van der Waals surface area contributed by atoms with Gasteiger partial charge in [0.05, 0.1) is 0 Å². The van der Waals surface area contributed by atoms with Gasteiger partial charge in [-0.2, -0.15) is 0 Å². The van der Waals surface area contributed by atoms with Crippen LogP contribution in [0.2, 0.25) is 0 Å². The maximum absolute atomic E-state index is 11.0. The Morgan fingerprint density at radius 3 is 2.85 bits per heavy atom. The summed E-state index contributed by atoms with van der Waals surface area (Å²) in [5, 5.41) is 2.95. The summed E-state index contributed by atoms with van der Waals surface area (Å²) in [5.41, 5.74) is 0.377. The number of amides is 1. The van der Waals surface area contributed by atoms with Crippen molar-refractivity contribution in [2.24, 2.45) is 5.41 Å². The van der Waals surface area contributed by atoms with Crippen molar-refractivity contribution < 1.29 is 4.79 Å². The first-order valence-electron chi connectivity index (χ1n) is 4.89. The van der Waals surface area contributed by atoms with Crippen molar-refractivity contribution >= 4 is 17.5 Å². The van der Waals surface area contributed by atoms with E-state index in [2.05, 4.69) is 19.2 Å². The predicted octanol–water partition coefficient (Wildman–Crippen LogP) is 2.31. The van der Waals surface area contributed by atoms with E-state index >= 15 is 0 Å². The zero-order valence-corrected chi connectivity index (χ0v) is 9.16. The Kier molecular flexibility index (Phi) is 3.60. The van der Waals surface area contributed by atoms with Crippen molar-refractivity contribution in [3.63, 3.8) is 0 Å². The molecule has 76 valence electrons. The zero-order valence-electron chi connectivity index (χ0n) is 8.40. The van der Waals surface area contributed by atoms with Gasteiger partial charge in [0.2, 0.25) is 5.91 Å². The van der Waals surface area contributed by atoms with E-state index in [0.717, 1.165) is 12.8 Å². The molecule has 0 aromatic carbocycles. The zero-order chi connectivity index (χ0) is 9.90. The van der Waals surface area contributed by atoms with Gasteiger partial charge in [0.1, 0.15) is 5.88 Å². The highest BCUT2D eigenvalue weighted by atomic mass is 35.5. The molecule has 0 bridgehead atoms. The second-order valence-electron chi connectivity index (χ2n) is 4.66. The SMILES string of the molecule is CC1(C)CCCC(NC(=O)CCl)C1. The van der Waals surface area contributed by atoms with Crippen LogP contribution in [0.5, 0.6) is 0 Å². The van der Waals surface area contributed by atoms with Crippen LogP contribution in [0.4, 0.5) is 0 Å². The first-order chi connectivity index (χ1) is 6.03. The van der Waals surface area contributed by atoms with E-state index in [4.69, 9.17) is 11.6 Å². The second-order valence-corrected chi connectivity index (χ2v) is 4.93. The Morgan fingerprint density at radius 2 is 2.31 bits per heavy atom. The van der Waals surface area contributed by atoms with Crippen molar-refractivity contribution in [3.05, 3.63) is 0 Å². The fourth-order valence-electron chi connectivity index (χ4n) is 2.09. The van der Waals surface area contributed by atoms with E-state index in [1.807, 2.05) is 0 Å². The maximum atomic E-state index is 11.0. The molecular formula is C10H18ClNO. The molecule has 1 aliphatic rings. The molecule has 1 aliphatic carbocycles. The second kappa shape index (κ2) is 4.32. The Bertz CT molecular complexity index is 191. The van der Waals surface area contributed by atoms with Crippen LogP contribution in [-0.2, 0) is 4.79 Å². The van der Waals surface area contributed by atoms with Crippen LogP contribution < -0.4 is 5.32 Å². The minimum absolute atomic E-state index is 0.0376. The van der Waals surface area contributed by atoms with Gasteiger partial charge in [-0.3, -0.25) is 4.79 Å². The number of carbonyl (C=O) groups excluding carboxylic acids is 1. The lowest BCUT2D eigenvalue weighted by Gasteiger charge is -2.35. The highest BCUT2D eigenvalue weighted by Crippen LogP contribution is 2.34. The van der Waals surface area contributed by atoms with Crippen molar-refractivity contribution in [2.45, 2.75) is 45.6 Å². The lowest BCUT2D eigenvalue weighted by Crippen LogP contribution is -2.41. The topological polar surface area (TPSA) is 29.1 Å². The molecule has 1 unspecified atom stereocenters. The maximum Gasteiger partial charge on any atom is 0.235 e. The number of carbonyl (C=O) groups is 1. The van der Waals surface area contributed by atoms with E-state index in [9.17, 15) is 4.79 Å². The molecule has 0 aliphatic heterocycles. The van der Waals surface area contributed by atoms with Crippen LogP contribution in [-0.4, -0.2) is 17.8 Å². The Labute approximate surface area is 85.0 Å². The van der Waals surface area contributed by atoms with E-state index in [0.29, 0.717) is 11.5 Å². The Balaban J connectivity index is 2.39. The van der Waals surface area contributed by atoms with Crippen LogP contribution in [0.15, 0.2) is 0 Å². The third-order valence-corrected chi connectivity index (χ3v) is 2.93. The fraction of sp³-hybridized carbons (Fsp3) is 0.900. The summed E-state index contributed by atoms with van der Waals surface area (Å²) in [7, 11) is 0. The van der Waals surface area contributed by atoms with Gasteiger partial charge in [-0.15, -0.1) is 11.6 Å². The number of hydrogen-bond acceptors (Lipinski definition) is 1. The first-order valence-corrected chi connectivity index (χ1v) is 5.42. The molecule has 1 amide bonds. The highest BCUT2D eigenvalue weighted by Gasteiger charge is 2.28. The van der Waals surface area contributed by atoms with E-state index in [1.54, 1.807) is 0 Å². The molecule has 0 heterocycles. The smallest absolute Gasteiger partial charge is 0.235 e. The Morgan fingerprint density at radius 1 is 1.62 bits per heavy atom. The lowest BCUT2D eigenvalue weighted by atomic mass is 9.75. The number of alkyl halides is 1. The van der Waals surface area contributed by atoms with Crippen LogP contribution in [0, 0.1) is 5.41 Å². The third kappa shape index (κ3) is 3.55. The van der Waals surface area contributed by atoms with Crippen LogP contribution in [0.25, 0.3) is 0 Å². The molecule has 1 saturated carbocycles.